The van der Waals surface area contributed by atoms with Crippen molar-refractivity contribution in [3.8, 4) is 0 Å². The fourth-order valence-electron chi connectivity index (χ4n) is 5.11. The monoisotopic (exact) mass is 474 g/mol. The largest absolute Gasteiger partial charge is 0.351 e. The molecule has 0 saturated heterocycles. The lowest BCUT2D eigenvalue weighted by Gasteiger charge is -2.19. The van der Waals surface area contributed by atoms with Gasteiger partial charge in [-0.15, -0.1) is 11.3 Å². The summed E-state index contributed by atoms with van der Waals surface area (Å²) in [6, 6.07) is 20.5. The van der Waals surface area contributed by atoms with E-state index in [0.717, 1.165) is 21.6 Å². The topological polar surface area (TPSA) is 58.2 Å². The number of aryl methyl sites for hydroxylation is 1. The zero-order valence-corrected chi connectivity index (χ0v) is 21.7. The molecule has 0 aliphatic heterocycles. The smallest absolute Gasteiger partial charge is 0.254 e. The van der Waals surface area contributed by atoms with Gasteiger partial charge in [-0.1, -0.05) is 88.4 Å². The SMILES string of the molecule is Cc1sc(NC(=O)C2C(C)(C)C2(C)C)c(C(=O)NCC(c2ccccc2)c2ccccc2)c1C. The highest BCUT2D eigenvalue weighted by Crippen LogP contribution is 2.68. The molecule has 1 saturated carbocycles. The number of nitrogens with one attached hydrogen (secondary N) is 2. The fraction of sp³-hybridized carbons (Fsp3) is 0.379. The summed E-state index contributed by atoms with van der Waals surface area (Å²) >= 11 is 1.48. The van der Waals surface area contributed by atoms with Crippen LogP contribution in [0.2, 0.25) is 0 Å². The first kappa shape index (κ1) is 24.2. The van der Waals surface area contributed by atoms with E-state index in [0.29, 0.717) is 17.1 Å². The summed E-state index contributed by atoms with van der Waals surface area (Å²) < 4.78 is 0. The van der Waals surface area contributed by atoms with Crippen LogP contribution in [0, 0.1) is 30.6 Å². The maximum absolute atomic E-state index is 13.4. The van der Waals surface area contributed by atoms with Crippen molar-refractivity contribution in [1.82, 2.24) is 5.32 Å². The summed E-state index contributed by atoms with van der Waals surface area (Å²) in [5.74, 6) is -0.184. The standard InChI is InChI=1S/C29H34N2O2S/c1-18-19(2)34-27(31-26(33)24-28(3,4)29(24,5)6)23(18)25(32)30-17-22(20-13-9-7-10-14-20)21-15-11-8-12-16-21/h7-16,22,24H,17H2,1-6H3,(H,30,32)(H,31,33). The van der Waals surface area contributed by atoms with E-state index in [4.69, 9.17) is 0 Å². The van der Waals surface area contributed by atoms with Crippen LogP contribution in [-0.4, -0.2) is 18.4 Å². The molecule has 2 amide bonds. The number of amides is 2. The molecule has 1 aromatic heterocycles. The van der Waals surface area contributed by atoms with Crippen molar-refractivity contribution < 1.29 is 9.59 Å². The van der Waals surface area contributed by atoms with Crippen molar-refractivity contribution in [3.05, 3.63) is 87.8 Å². The Kier molecular flexibility index (Phi) is 6.43. The normalized spacial score (nSPS) is 16.3. The molecule has 5 heteroatoms. The van der Waals surface area contributed by atoms with Gasteiger partial charge in [-0.05, 0) is 41.4 Å². The van der Waals surface area contributed by atoms with Gasteiger partial charge in [-0.3, -0.25) is 9.59 Å². The van der Waals surface area contributed by atoms with E-state index in [1.54, 1.807) is 0 Å². The molecule has 1 aliphatic rings. The van der Waals surface area contributed by atoms with E-state index in [2.05, 4.69) is 62.6 Å². The number of thiophene rings is 1. The molecule has 178 valence electrons. The highest BCUT2D eigenvalue weighted by Gasteiger charge is 2.68. The van der Waals surface area contributed by atoms with Gasteiger partial charge in [0.25, 0.3) is 5.91 Å². The molecule has 2 N–H and O–H groups in total. The number of rotatable bonds is 7. The van der Waals surface area contributed by atoms with Crippen molar-refractivity contribution in [1.29, 1.82) is 0 Å². The van der Waals surface area contributed by atoms with Crippen LogP contribution in [0.15, 0.2) is 60.7 Å². The molecule has 0 spiro atoms. The molecule has 4 nitrogen and oxygen atoms in total. The van der Waals surface area contributed by atoms with E-state index >= 15 is 0 Å². The molecule has 1 aliphatic carbocycles. The molecule has 2 aromatic carbocycles. The van der Waals surface area contributed by atoms with Gasteiger partial charge in [-0.25, -0.2) is 0 Å². The Labute approximate surface area is 206 Å². The lowest BCUT2D eigenvalue weighted by Crippen LogP contribution is -2.30. The van der Waals surface area contributed by atoms with Gasteiger partial charge in [-0.2, -0.15) is 0 Å². The Morgan fingerprint density at radius 1 is 0.882 bits per heavy atom. The van der Waals surface area contributed by atoms with Crippen LogP contribution in [0.1, 0.15) is 65.5 Å². The predicted molar refractivity (Wildman–Crippen MR) is 141 cm³/mol. The molecule has 0 unspecified atom stereocenters. The third kappa shape index (κ3) is 4.29. The van der Waals surface area contributed by atoms with Gasteiger partial charge in [0.05, 0.1) is 5.56 Å². The van der Waals surface area contributed by atoms with Gasteiger partial charge in [0.15, 0.2) is 0 Å². The average Bonchev–Trinajstić information content (AvgIpc) is 3.05. The van der Waals surface area contributed by atoms with E-state index in [1.165, 1.54) is 11.3 Å². The maximum atomic E-state index is 13.4. The van der Waals surface area contributed by atoms with Crippen LogP contribution < -0.4 is 10.6 Å². The zero-order valence-electron chi connectivity index (χ0n) is 20.9. The fourth-order valence-corrected chi connectivity index (χ4v) is 6.17. The molecular formula is C29H34N2O2S. The third-order valence-electron chi connectivity index (χ3n) is 8.00. The molecular weight excluding hydrogens is 440 g/mol. The zero-order chi connectivity index (χ0) is 24.7. The summed E-state index contributed by atoms with van der Waals surface area (Å²) in [6.07, 6.45) is 0. The summed E-state index contributed by atoms with van der Waals surface area (Å²) in [5, 5.41) is 6.90. The van der Waals surface area contributed by atoms with Crippen LogP contribution in [0.5, 0.6) is 0 Å². The molecule has 0 radical (unpaired) electrons. The van der Waals surface area contributed by atoms with Crippen LogP contribution in [0.25, 0.3) is 0 Å². The highest BCUT2D eigenvalue weighted by molar-refractivity contribution is 7.16. The number of carbonyl (C=O) groups excluding carboxylic acids is 2. The van der Waals surface area contributed by atoms with E-state index in [1.807, 2.05) is 50.2 Å². The molecule has 34 heavy (non-hydrogen) atoms. The van der Waals surface area contributed by atoms with Crippen LogP contribution in [0.4, 0.5) is 5.00 Å². The van der Waals surface area contributed by atoms with Crippen molar-refractivity contribution in [2.45, 2.75) is 47.5 Å². The van der Waals surface area contributed by atoms with E-state index in [9.17, 15) is 9.59 Å². The minimum atomic E-state index is -0.150. The van der Waals surface area contributed by atoms with Gasteiger partial charge in [0, 0.05) is 23.3 Å². The Hall–Kier alpha value is -2.92. The molecule has 0 atom stereocenters. The lowest BCUT2D eigenvalue weighted by atomic mass is 9.91. The third-order valence-corrected chi connectivity index (χ3v) is 9.13. The van der Waals surface area contributed by atoms with E-state index in [-0.39, 0.29) is 34.5 Å². The first-order chi connectivity index (χ1) is 16.1. The minimum absolute atomic E-state index is 0.00301. The quantitative estimate of drug-likeness (QED) is 0.408. The van der Waals surface area contributed by atoms with Crippen molar-refractivity contribution in [2.75, 3.05) is 11.9 Å². The van der Waals surface area contributed by atoms with Crippen molar-refractivity contribution in [2.24, 2.45) is 16.7 Å². The van der Waals surface area contributed by atoms with Crippen molar-refractivity contribution >= 4 is 28.2 Å². The van der Waals surface area contributed by atoms with Crippen LogP contribution in [0.3, 0.4) is 0 Å². The van der Waals surface area contributed by atoms with Crippen LogP contribution >= 0.6 is 11.3 Å². The first-order valence-corrected chi connectivity index (χ1v) is 12.7. The minimum Gasteiger partial charge on any atom is -0.351 e. The second-order valence-electron chi connectivity index (χ2n) is 10.4. The lowest BCUT2D eigenvalue weighted by molar-refractivity contribution is -0.118. The maximum Gasteiger partial charge on any atom is 0.254 e. The predicted octanol–water partition coefficient (Wildman–Crippen LogP) is 6.55. The highest BCUT2D eigenvalue weighted by atomic mass is 32.1. The summed E-state index contributed by atoms with van der Waals surface area (Å²) in [7, 11) is 0. The van der Waals surface area contributed by atoms with Gasteiger partial charge >= 0.3 is 0 Å². The molecule has 1 fully saturated rings. The second-order valence-corrected chi connectivity index (χ2v) is 11.7. The molecule has 0 bridgehead atoms. The number of anilines is 1. The summed E-state index contributed by atoms with van der Waals surface area (Å²) in [6.45, 7) is 12.9. The van der Waals surface area contributed by atoms with Gasteiger partial charge < -0.3 is 10.6 Å². The number of hydrogen-bond acceptors (Lipinski definition) is 3. The first-order valence-electron chi connectivity index (χ1n) is 11.8. The Morgan fingerprint density at radius 2 is 1.38 bits per heavy atom. The number of benzene rings is 2. The second kappa shape index (κ2) is 9.03. The van der Waals surface area contributed by atoms with Gasteiger partial charge in [0.2, 0.25) is 5.91 Å². The molecule has 4 rings (SSSR count). The number of carbonyl (C=O) groups is 2. The molecule has 1 heterocycles. The summed E-state index contributed by atoms with van der Waals surface area (Å²) in [5.41, 5.74) is 3.69. The van der Waals surface area contributed by atoms with E-state index < -0.39 is 0 Å². The number of hydrogen-bond donors (Lipinski definition) is 2. The Morgan fingerprint density at radius 3 is 1.85 bits per heavy atom. The van der Waals surface area contributed by atoms with Crippen molar-refractivity contribution in [3.63, 3.8) is 0 Å². The Bertz CT molecular complexity index is 1140. The average molecular weight is 475 g/mol. The molecule has 3 aromatic rings. The van der Waals surface area contributed by atoms with Gasteiger partial charge in [0.1, 0.15) is 5.00 Å². The summed E-state index contributed by atoms with van der Waals surface area (Å²) in [4.78, 5) is 27.6. The Balaban J connectivity index is 1.54. The van der Waals surface area contributed by atoms with Crippen LogP contribution in [-0.2, 0) is 4.79 Å².